The molecule has 2 unspecified atom stereocenters. The van der Waals surface area contributed by atoms with E-state index in [1.54, 1.807) is 30.3 Å². The second-order valence-corrected chi connectivity index (χ2v) is 8.99. The van der Waals surface area contributed by atoms with Crippen LogP contribution in [0.5, 0.6) is 0 Å². The molecule has 1 aliphatic rings. The number of hydrogen-bond donors (Lipinski definition) is 0. The molecule has 3 aromatic rings. The fraction of sp³-hybridized carbons (Fsp3) is 0.300. The highest BCUT2D eigenvalue weighted by molar-refractivity contribution is 5.95. The first-order valence-electron chi connectivity index (χ1n) is 12.5. The normalized spacial score (nSPS) is 15.5. The summed E-state index contributed by atoms with van der Waals surface area (Å²) in [6.07, 6.45) is -7.47. The van der Waals surface area contributed by atoms with Crippen LogP contribution in [0.1, 0.15) is 30.4 Å². The molecule has 0 bridgehead atoms. The quantitative estimate of drug-likeness (QED) is 0.295. The van der Waals surface area contributed by atoms with Gasteiger partial charge in [0, 0.05) is 12.8 Å². The van der Waals surface area contributed by atoms with Crippen molar-refractivity contribution in [2.45, 2.75) is 44.5 Å². The number of benzene rings is 3. The van der Waals surface area contributed by atoms with Crippen LogP contribution < -0.4 is 0 Å². The lowest BCUT2D eigenvalue weighted by Crippen LogP contribution is -2.41. The van der Waals surface area contributed by atoms with E-state index in [4.69, 9.17) is 9.47 Å². The van der Waals surface area contributed by atoms with Gasteiger partial charge in [-0.05, 0) is 24.0 Å². The van der Waals surface area contributed by atoms with Crippen LogP contribution in [0.2, 0.25) is 0 Å². The van der Waals surface area contributed by atoms with E-state index < -0.39 is 55.4 Å². The molecule has 0 radical (unpaired) electrons. The lowest BCUT2D eigenvalue weighted by Gasteiger charge is -2.22. The number of carbonyl (C=O) groups excluding carboxylic acids is 3. The molecule has 0 spiro atoms. The Morgan fingerprint density at radius 1 is 0.872 bits per heavy atom. The third-order valence-electron chi connectivity index (χ3n) is 5.97. The van der Waals surface area contributed by atoms with Gasteiger partial charge in [0.1, 0.15) is 13.2 Å². The summed E-state index contributed by atoms with van der Waals surface area (Å²) in [5.41, 5.74) is 1.53. The van der Waals surface area contributed by atoms with Crippen LogP contribution in [0.25, 0.3) is 0 Å². The van der Waals surface area contributed by atoms with Crippen molar-refractivity contribution in [3.05, 3.63) is 108 Å². The number of hydrogen-bond acceptors (Lipinski definition) is 5. The molecular formula is C30H30F3NO5. The zero-order valence-electron chi connectivity index (χ0n) is 21.3. The molecule has 0 aliphatic carbocycles. The molecule has 4 rings (SSSR count). The van der Waals surface area contributed by atoms with E-state index in [0.717, 1.165) is 10.5 Å². The molecule has 0 saturated carbocycles. The fourth-order valence-electron chi connectivity index (χ4n) is 3.98. The topological polar surface area (TPSA) is 72.9 Å². The highest BCUT2D eigenvalue weighted by Gasteiger charge is 2.40. The standard InChI is InChI=1S/C24H24F3NO5.C6H6/c25-24(26,27)12-11-19(22(30)32-15-18-9-5-2-6-10-18)14-21(29)28-20(16-33-23(28)31)13-17-7-3-1-4-8-17;1-2-4-6-5-3-1/h1-10,19-20H,11-16H2;1-6H. The summed E-state index contributed by atoms with van der Waals surface area (Å²) in [7, 11) is 0. The second kappa shape index (κ2) is 14.7. The maximum atomic E-state index is 12.9. The molecule has 2 atom stereocenters. The summed E-state index contributed by atoms with van der Waals surface area (Å²) in [6, 6.07) is 29.2. The molecule has 6 nitrogen and oxygen atoms in total. The number of imide groups is 1. The third-order valence-corrected chi connectivity index (χ3v) is 5.97. The Labute approximate surface area is 225 Å². The molecular weight excluding hydrogens is 511 g/mol. The van der Waals surface area contributed by atoms with E-state index in [9.17, 15) is 27.6 Å². The third kappa shape index (κ3) is 10.3. The molecule has 206 valence electrons. The smallest absolute Gasteiger partial charge is 0.416 e. The van der Waals surface area contributed by atoms with Crippen molar-refractivity contribution >= 4 is 18.0 Å². The van der Waals surface area contributed by atoms with E-state index in [0.29, 0.717) is 12.0 Å². The van der Waals surface area contributed by atoms with Gasteiger partial charge in [0.05, 0.1) is 12.0 Å². The summed E-state index contributed by atoms with van der Waals surface area (Å²) in [5.74, 6) is -3.01. The number of halogens is 3. The molecule has 3 aromatic carbocycles. The van der Waals surface area contributed by atoms with Crippen molar-refractivity contribution in [2.24, 2.45) is 5.92 Å². The van der Waals surface area contributed by atoms with Crippen LogP contribution >= 0.6 is 0 Å². The monoisotopic (exact) mass is 541 g/mol. The van der Waals surface area contributed by atoms with Crippen molar-refractivity contribution in [2.75, 3.05) is 6.61 Å². The first-order valence-corrected chi connectivity index (χ1v) is 12.5. The van der Waals surface area contributed by atoms with Crippen LogP contribution in [0.3, 0.4) is 0 Å². The lowest BCUT2D eigenvalue weighted by atomic mass is 9.97. The first-order chi connectivity index (χ1) is 18.7. The van der Waals surface area contributed by atoms with Crippen molar-refractivity contribution < 1.29 is 37.0 Å². The van der Waals surface area contributed by atoms with Gasteiger partial charge >= 0.3 is 18.2 Å². The van der Waals surface area contributed by atoms with Crippen molar-refractivity contribution in [3.63, 3.8) is 0 Å². The van der Waals surface area contributed by atoms with Crippen molar-refractivity contribution in [3.8, 4) is 0 Å². The molecule has 1 fully saturated rings. The highest BCUT2D eigenvalue weighted by atomic mass is 19.4. The molecule has 1 aliphatic heterocycles. The number of amides is 2. The molecule has 2 amide bonds. The Balaban J connectivity index is 0.000000617. The van der Waals surface area contributed by atoms with E-state index in [1.807, 2.05) is 66.7 Å². The number of esters is 1. The Morgan fingerprint density at radius 2 is 1.38 bits per heavy atom. The maximum absolute atomic E-state index is 12.9. The summed E-state index contributed by atoms with van der Waals surface area (Å²) in [5, 5.41) is 0. The largest absolute Gasteiger partial charge is 0.461 e. The number of carbonyl (C=O) groups is 3. The van der Waals surface area contributed by atoms with Crippen molar-refractivity contribution in [1.29, 1.82) is 0 Å². The summed E-state index contributed by atoms with van der Waals surface area (Å²) >= 11 is 0. The van der Waals surface area contributed by atoms with Gasteiger partial charge in [0.15, 0.2) is 0 Å². The van der Waals surface area contributed by atoms with Gasteiger partial charge in [-0.3, -0.25) is 9.59 Å². The number of ether oxygens (including phenoxy) is 2. The number of cyclic esters (lactones) is 1. The lowest BCUT2D eigenvalue weighted by molar-refractivity contribution is -0.157. The summed E-state index contributed by atoms with van der Waals surface area (Å²) < 4.78 is 48.6. The first kappa shape index (κ1) is 29.4. The van der Waals surface area contributed by atoms with Crippen LogP contribution in [0.4, 0.5) is 18.0 Å². The van der Waals surface area contributed by atoms with E-state index in [1.165, 1.54) is 0 Å². The second-order valence-electron chi connectivity index (χ2n) is 8.99. The maximum Gasteiger partial charge on any atom is 0.416 e. The molecule has 9 heteroatoms. The highest BCUT2D eigenvalue weighted by Crippen LogP contribution is 2.28. The fourth-order valence-corrected chi connectivity index (χ4v) is 3.98. The Hall–Kier alpha value is -4.14. The van der Waals surface area contributed by atoms with Gasteiger partial charge in [0.2, 0.25) is 5.91 Å². The Morgan fingerprint density at radius 3 is 1.92 bits per heavy atom. The number of nitrogens with zero attached hydrogens (tertiary/aromatic N) is 1. The Kier molecular flexibility index (Phi) is 11.1. The molecule has 1 saturated heterocycles. The van der Waals surface area contributed by atoms with E-state index in [2.05, 4.69) is 0 Å². The number of rotatable bonds is 9. The van der Waals surface area contributed by atoms with Crippen LogP contribution in [0.15, 0.2) is 97.1 Å². The minimum Gasteiger partial charge on any atom is -0.461 e. The summed E-state index contributed by atoms with van der Waals surface area (Å²) in [6.45, 7) is -0.149. The van der Waals surface area contributed by atoms with Crippen LogP contribution in [0, 0.1) is 5.92 Å². The molecule has 1 heterocycles. The van der Waals surface area contributed by atoms with Gasteiger partial charge in [-0.2, -0.15) is 13.2 Å². The van der Waals surface area contributed by atoms with Crippen LogP contribution in [-0.4, -0.2) is 41.7 Å². The molecule has 0 N–H and O–H groups in total. The average molecular weight is 542 g/mol. The predicted molar refractivity (Wildman–Crippen MR) is 138 cm³/mol. The summed E-state index contributed by atoms with van der Waals surface area (Å²) in [4.78, 5) is 38.6. The minimum absolute atomic E-state index is 0.0227. The van der Waals surface area contributed by atoms with Gasteiger partial charge in [0.25, 0.3) is 0 Å². The minimum atomic E-state index is -4.50. The molecule has 39 heavy (non-hydrogen) atoms. The van der Waals surface area contributed by atoms with Gasteiger partial charge in [-0.1, -0.05) is 97.1 Å². The van der Waals surface area contributed by atoms with E-state index in [-0.39, 0.29) is 13.2 Å². The van der Waals surface area contributed by atoms with E-state index >= 15 is 0 Å². The van der Waals surface area contributed by atoms with Crippen molar-refractivity contribution in [1.82, 2.24) is 4.90 Å². The zero-order chi connectivity index (χ0) is 28.1. The zero-order valence-corrected chi connectivity index (χ0v) is 21.3. The predicted octanol–water partition coefficient (Wildman–Crippen LogP) is 6.36. The van der Waals surface area contributed by atoms with Gasteiger partial charge in [-0.15, -0.1) is 0 Å². The molecule has 0 aromatic heterocycles. The van der Waals surface area contributed by atoms with Gasteiger partial charge in [-0.25, -0.2) is 9.69 Å². The van der Waals surface area contributed by atoms with Gasteiger partial charge < -0.3 is 9.47 Å². The Bertz CT molecular complexity index is 1150. The SMILES string of the molecule is O=C(OCc1ccccc1)C(CCC(F)(F)F)CC(=O)N1C(=O)OCC1Cc1ccccc1.c1ccccc1. The average Bonchev–Trinajstić information content (AvgIpc) is 3.31. The number of alkyl halides is 3. The van der Waals surface area contributed by atoms with Crippen LogP contribution in [-0.2, 0) is 32.1 Å².